The number of carboxylic acid groups (broad SMARTS) is 1. The minimum Gasteiger partial charge on any atom is -0.496 e. The quantitative estimate of drug-likeness (QED) is 0.895. The summed E-state index contributed by atoms with van der Waals surface area (Å²) in [5.41, 5.74) is 1.19. The Labute approximate surface area is 115 Å². The van der Waals surface area contributed by atoms with Gasteiger partial charge in [0.2, 0.25) is 11.7 Å². The van der Waals surface area contributed by atoms with Crippen LogP contribution in [0.2, 0.25) is 0 Å². The third-order valence-corrected chi connectivity index (χ3v) is 2.60. The molecule has 0 fully saturated rings. The lowest BCUT2D eigenvalue weighted by Gasteiger charge is -2.09. The lowest BCUT2D eigenvalue weighted by Crippen LogP contribution is -2.05. The van der Waals surface area contributed by atoms with Crippen molar-refractivity contribution in [1.29, 1.82) is 0 Å². The van der Waals surface area contributed by atoms with Gasteiger partial charge in [0, 0.05) is 18.7 Å². The summed E-state index contributed by atoms with van der Waals surface area (Å²) in [6.07, 6.45) is 0. The summed E-state index contributed by atoms with van der Waals surface area (Å²) in [7, 11) is 1.48. The third kappa shape index (κ3) is 2.80. The van der Waals surface area contributed by atoms with Crippen LogP contribution < -0.4 is 10.1 Å². The van der Waals surface area contributed by atoms with Gasteiger partial charge < -0.3 is 19.6 Å². The first kappa shape index (κ1) is 13.7. The Morgan fingerprint density at radius 2 is 2.00 bits per heavy atom. The maximum Gasteiger partial charge on any atom is 0.371 e. The number of carbonyl (C=O) groups excluding carboxylic acids is 1. The zero-order valence-electron chi connectivity index (χ0n) is 11.0. The normalized spacial score (nSPS) is 10.1. The largest absolute Gasteiger partial charge is 0.496 e. The molecule has 6 heteroatoms. The molecule has 2 N–H and O–H groups in total. The van der Waals surface area contributed by atoms with Crippen LogP contribution in [0.4, 0.5) is 5.69 Å². The van der Waals surface area contributed by atoms with Crippen molar-refractivity contribution in [1.82, 2.24) is 0 Å². The molecule has 0 saturated carbocycles. The van der Waals surface area contributed by atoms with Crippen molar-refractivity contribution in [2.45, 2.75) is 6.92 Å². The standard InChI is InChI=1S/C14H13NO5/c1-8(16)15-9-3-4-10(13(7-9)19-2)11-5-6-12(20-11)14(17)18/h3-7H,1-2H3,(H,15,16)(H,17,18). The van der Waals surface area contributed by atoms with Crippen LogP contribution in [0.25, 0.3) is 11.3 Å². The Hall–Kier alpha value is -2.76. The summed E-state index contributed by atoms with van der Waals surface area (Å²) in [6.45, 7) is 1.41. The molecule has 1 aromatic heterocycles. The van der Waals surface area contributed by atoms with E-state index in [9.17, 15) is 9.59 Å². The predicted molar refractivity (Wildman–Crippen MR) is 72.0 cm³/mol. The number of aromatic carboxylic acids is 1. The number of ether oxygens (including phenoxy) is 1. The van der Waals surface area contributed by atoms with E-state index in [1.165, 1.54) is 20.1 Å². The third-order valence-electron chi connectivity index (χ3n) is 2.60. The van der Waals surface area contributed by atoms with E-state index in [0.29, 0.717) is 22.8 Å². The Morgan fingerprint density at radius 3 is 2.55 bits per heavy atom. The molecule has 0 atom stereocenters. The lowest BCUT2D eigenvalue weighted by atomic mass is 10.1. The lowest BCUT2D eigenvalue weighted by molar-refractivity contribution is -0.114. The molecule has 1 amide bonds. The molecule has 20 heavy (non-hydrogen) atoms. The van der Waals surface area contributed by atoms with Crippen molar-refractivity contribution in [2.75, 3.05) is 12.4 Å². The zero-order valence-corrected chi connectivity index (χ0v) is 11.0. The first-order chi connectivity index (χ1) is 9.51. The van der Waals surface area contributed by atoms with Crippen LogP contribution in [0.5, 0.6) is 5.75 Å². The molecule has 0 aliphatic heterocycles. The van der Waals surface area contributed by atoms with Gasteiger partial charge in [0.25, 0.3) is 0 Å². The molecule has 1 aromatic carbocycles. The van der Waals surface area contributed by atoms with Gasteiger partial charge >= 0.3 is 5.97 Å². The fourth-order valence-corrected chi connectivity index (χ4v) is 1.77. The Morgan fingerprint density at radius 1 is 1.25 bits per heavy atom. The topological polar surface area (TPSA) is 88.8 Å². The molecule has 0 radical (unpaired) electrons. The first-order valence-electron chi connectivity index (χ1n) is 5.80. The number of furan rings is 1. The van der Waals surface area contributed by atoms with Gasteiger partial charge in [-0.2, -0.15) is 0 Å². The number of rotatable bonds is 4. The van der Waals surface area contributed by atoms with Crippen LogP contribution in [-0.2, 0) is 4.79 Å². The van der Waals surface area contributed by atoms with Gasteiger partial charge in [-0.1, -0.05) is 0 Å². The Kier molecular flexibility index (Phi) is 3.74. The second-order valence-electron chi connectivity index (χ2n) is 4.07. The highest BCUT2D eigenvalue weighted by atomic mass is 16.5. The summed E-state index contributed by atoms with van der Waals surface area (Å²) >= 11 is 0. The fraction of sp³-hybridized carbons (Fsp3) is 0.143. The maximum atomic E-state index is 11.0. The predicted octanol–water partition coefficient (Wildman–Crippen LogP) is 2.61. The molecular weight excluding hydrogens is 262 g/mol. The minimum atomic E-state index is -1.13. The molecule has 0 aliphatic carbocycles. The average molecular weight is 275 g/mol. The molecule has 0 aliphatic rings. The number of amides is 1. The number of nitrogens with one attached hydrogen (secondary N) is 1. The van der Waals surface area contributed by atoms with Crippen LogP contribution in [0, 0.1) is 0 Å². The fourth-order valence-electron chi connectivity index (χ4n) is 1.77. The van der Waals surface area contributed by atoms with Gasteiger partial charge in [-0.3, -0.25) is 4.79 Å². The van der Waals surface area contributed by atoms with E-state index >= 15 is 0 Å². The molecule has 6 nitrogen and oxygen atoms in total. The summed E-state index contributed by atoms with van der Waals surface area (Å²) < 4.78 is 10.5. The summed E-state index contributed by atoms with van der Waals surface area (Å²) in [6, 6.07) is 7.94. The monoisotopic (exact) mass is 275 g/mol. The van der Waals surface area contributed by atoms with Crippen LogP contribution in [0.1, 0.15) is 17.5 Å². The van der Waals surface area contributed by atoms with Gasteiger partial charge in [0.15, 0.2) is 0 Å². The number of hydrogen-bond donors (Lipinski definition) is 2. The number of methoxy groups -OCH3 is 1. The first-order valence-corrected chi connectivity index (χ1v) is 5.80. The summed E-state index contributed by atoms with van der Waals surface area (Å²) in [5.74, 6) is -0.611. The van der Waals surface area contributed by atoms with E-state index in [2.05, 4.69) is 5.32 Å². The zero-order chi connectivity index (χ0) is 14.7. The van der Waals surface area contributed by atoms with Gasteiger partial charge in [-0.05, 0) is 24.3 Å². The molecular formula is C14H13NO5. The highest BCUT2D eigenvalue weighted by molar-refractivity contribution is 5.90. The number of carboxylic acids is 1. The molecule has 104 valence electrons. The summed E-state index contributed by atoms with van der Waals surface area (Å²) in [5, 5.41) is 11.5. The molecule has 1 heterocycles. The number of carbonyl (C=O) groups is 2. The van der Waals surface area contributed by atoms with Crippen LogP contribution in [0.3, 0.4) is 0 Å². The molecule has 0 saturated heterocycles. The number of hydrogen-bond acceptors (Lipinski definition) is 4. The van der Waals surface area contributed by atoms with Crippen molar-refractivity contribution in [3.63, 3.8) is 0 Å². The van der Waals surface area contributed by atoms with E-state index < -0.39 is 5.97 Å². The molecule has 2 rings (SSSR count). The van der Waals surface area contributed by atoms with Crippen molar-refractivity contribution in [2.24, 2.45) is 0 Å². The molecule has 2 aromatic rings. The van der Waals surface area contributed by atoms with Gasteiger partial charge in [0.1, 0.15) is 11.5 Å². The smallest absolute Gasteiger partial charge is 0.371 e. The Bertz CT molecular complexity index is 659. The van der Waals surface area contributed by atoms with Crippen molar-refractivity contribution in [3.8, 4) is 17.1 Å². The SMILES string of the molecule is COc1cc(NC(C)=O)ccc1-c1ccc(C(=O)O)o1. The molecule has 0 bridgehead atoms. The van der Waals surface area contributed by atoms with E-state index in [0.717, 1.165) is 0 Å². The van der Waals surface area contributed by atoms with E-state index in [4.69, 9.17) is 14.3 Å². The second kappa shape index (κ2) is 5.48. The van der Waals surface area contributed by atoms with Crippen LogP contribution >= 0.6 is 0 Å². The van der Waals surface area contributed by atoms with E-state index in [1.807, 2.05) is 0 Å². The molecule has 0 unspecified atom stereocenters. The van der Waals surface area contributed by atoms with Gasteiger partial charge in [0.05, 0.1) is 12.7 Å². The number of benzene rings is 1. The van der Waals surface area contributed by atoms with E-state index in [-0.39, 0.29) is 11.7 Å². The minimum absolute atomic E-state index is 0.145. The van der Waals surface area contributed by atoms with Gasteiger partial charge in [-0.25, -0.2) is 4.79 Å². The van der Waals surface area contributed by atoms with Gasteiger partial charge in [-0.15, -0.1) is 0 Å². The highest BCUT2D eigenvalue weighted by Crippen LogP contribution is 2.33. The van der Waals surface area contributed by atoms with Crippen LogP contribution in [0.15, 0.2) is 34.7 Å². The molecule has 0 spiro atoms. The van der Waals surface area contributed by atoms with Crippen LogP contribution in [-0.4, -0.2) is 24.1 Å². The van der Waals surface area contributed by atoms with Crippen molar-refractivity contribution < 1.29 is 23.8 Å². The average Bonchev–Trinajstić information content (AvgIpc) is 2.87. The second-order valence-corrected chi connectivity index (χ2v) is 4.07. The summed E-state index contributed by atoms with van der Waals surface area (Å²) in [4.78, 5) is 21.8. The Balaban J connectivity index is 2.40. The van der Waals surface area contributed by atoms with E-state index in [1.54, 1.807) is 24.3 Å². The highest BCUT2D eigenvalue weighted by Gasteiger charge is 2.14. The maximum absolute atomic E-state index is 11.0. The number of anilines is 1. The van der Waals surface area contributed by atoms with Crippen molar-refractivity contribution in [3.05, 3.63) is 36.1 Å². The van der Waals surface area contributed by atoms with Crippen molar-refractivity contribution >= 4 is 17.6 Å².